The smallest absolute Gasteiger partial charge is 0.245 e. The summed E-state index contributed by atoms with van der Waals surface area (Å²) in [5, 5.41) is 4.20. The molecule has 0 spiro atoms. The maximum atomic E-state index is 12.9. The zero-order chi connectivity index (χ0) is 18.4. The van der Waals surface area contributed by atoms with Crippen LogP contribution in [0.3, 0.4) is 0 Å². The molecule has 0 aliphatic carbocycles. The van der Waals surface area contributed by atoms with Gasteiger partial charge in [0.1, 0.15) is 18.1 Å². The summed E-state index contributed by atoms with van der Waals surface area (Å²) in [4.78, 5) is 0.223. The average Bonchev–Trinajstić information content (AvgIpc) is 2.79. The van der Waals surface area contributed by atoms with E-state index in [2.05, 4.69) is 9.82 Å². The van der Waals surface area contributed by atoms with Gasteiger partial charge < -0.3 is 9.47 Å². The molecule has 136 valence electrons. The van der Waals surface area contributed by atoms with Crippen molar-refractivity contribution in [3.8, 4) is 11.5 Å². The first-order valence-corrected chi connectivity index (χ1v) is 9.54. The Morgan fingerprint density at radius 3 is 2.40 bits per heavy atom. The Balaban J connectivity index is 1.95. The summed E-state index contributed by atoms with van der Waals surface area (Å²) in [5.74, 6) is 1.30. The van der Waals surface area contributed by atoms with Crippen molar-refractivity contribution in [3.05, 3.63) is 35.2 Å². The van der Waals surface area contributed by atoms with Crippen molar-refractivity contribution in [2.45, 2.75) is 38.1 Å². The van der Waals surface area contributed by atoms with Gasteiger partial charge in [-0.15, -0.1) is 0 Å². The second kappa shape index (κ2) is 6.03. The Morgan fingerprint density at radius 1 is 1.16 bits per heavy atom. The van der Waals surface area contributed by atoms with E-state index in [0.29, 0.717) is 36.1 Å². The van der Waals surface area contributed by atoms with Gasteiger partial charge in [-0.2, -0.15) is 5.10 Å². The van der Waals surface area contributed by atoms with E-state index in [9.17, 15) is 8.42 Å². The van der Waals surface area contributed by atoms with Gasteiger partial charge in [0.15, 0.2) is 11.5 Å². The molecule has 1 aromatic carbocycles. The van der Waals surface area contributed by atoms with Gasteiger partial charge in [0, 0.05) is 7.05 Å². The molecule has 0 fully saturated rings. The van der Waals surface area contributed by atoms with E-state index in [1.54, 1.807) is 31.6 Å². The number of hydrogen-bond acceptors (Lipinski definition) is 5. The lowest BCUT2D eigenvalue weighted by molar-refractivity contribution is 0.171. The minimum Gasteiger partial charge on any atom is -0.486 e. The first kappa shape index (κ1) is 17.8. The molecule has 0 saturated heterocycles. The summed E-state index contributed by atoms with van der Waals surface area (Å²) in [6.07, 6.45) is 0. The molecule has 8 heteroatoms. The van der Waals surface area contributed by atoms with Crippen molar-refractivity contribution in [2.75, 3.05) is 13.2 Å². The normalized spacial score (nSPS) is 14.6. The van der Waals surface area contributed by atoms with Crippen molar-refractivity contribution in [1.29, 1.82) is 0 Å². The number of sulfonamides is 1. The molecule has 1 aromatic heterocycles. The number of nitrogens with one attached hydrogen (secondary N) is 1. The van der Waals surface area contributed by atoms with E-state index in [1.807, 2.05) is 26.0 Å². The second-order valence-electron chi connectivity index (χ2n) is 6.71. The topological polar surface area (TPSA) is 82.5 Å². The molecule has 2 heterocycles. The van der Waals surface area contributed by atoms with Crippen molar-refractivity contribution in [2.24, 2.45) is 7.05 Å². The standard InChI is InChI=1S/C17H23N3O4S/c1-11-16(12(2)20(5)18-11)25(21,22)19-17(3,4)13-6-7-14-15(10-13)24-9-8-23-14/h6-7,10,19H,8-9H2,1-5H3. The SMILES string of the molecule is Cc1nn(C)c(C)c1S(=O)(=O)NC(C)(C)c1ccc2c(c1)OCCO2. The van der Waals surface area contributed by atoms with Crippen LogP contribution in [-0.4, -0.2) is 31.4 Å². The summed E-state index contributed by atoms with van der Waals surface area (Å²) in [7, 11) is -2.00. The number of benzene rings is 1. The summed E-state index contributed by atoms with van der Waals surface area (Å²) in [6, 6.07) is 5.47. The summed E-state index contributed by atoms with van der Waals surface area (Å²) in [6.45, 7) is 8.07. The van der Waals surface area contributed by atoms with Crippen LogP contribution in [0, 0.1) is 13.8 Å². The van der Waals surface area contributed by atoms with Gasteiger partial charge in [-0.05, 0) is 45.4 Å². The number of aryl methyl sites for hydroxylation is 2. The third-order valence-electron chi connectivity index (χ3n) is 4.36. The van der Waals surface area contributed by atoms with Gasteiger partial charge in [0.2, 0.25) is 10.0 Å². The lowest BCUT2D eigenvalue weighted by Crippen LogP contribution is -2.41. The van der Waals surface area contributed by atoms with Crippen molar-refractivity contribution >= 4 is 10.0 Å². The van der Waals surface area contributed by atoms with Crippen LogP contribution in [-0.2, 0) is 22.6 Å². The van der Waals surface area contributed by atoms with Crippen LogP contribution >= 0.6 is 0 Å². The third kappa shape index (κ3) is 3.23. The lowest BCUT2D eigenvalue weighted by Gasteiger charge is -2.28. The molecule has 0 saturated carbocycles. The van der Waals surface area contributed by atoms with E-state index in [0.717, 1.165) is 5.56 Å². The fraction of sp³-hybridized carbons (Fsp3) is 0.471. The summed E-state index contributed by atoms with van der Waals surface area (Å²) < 4.78 is 41.4. The molecule has 0 amide bonds. The van der Waals surface area contributed by atoms with Gasteiger partial charge >= 0.3 is 0 Å². The molecule has 0 radical (unpaired) electrons. The van der Waals surface area contributed by atoms with Crippen LogP contribution in [0.25, 0.3) is 0 Å². The average molecular weight is 365 g/mol. The highest BCUT2D eigenvalue weighted by molar-refractivity contribution is 7.89. The van der Waals surface area contributed by atoms with Gasteiger partial charge in [0.25, 0.3) is 0 Å². The summed E-state index contributed by atoms with van der Waals surface area (Å²) >= 11 is 0. The molecule has 1 aliphatic rings. The van der Waals surface area contributed by atoms with E-state index in [1.165, 1.54) is 0 Å². The highest BCUT2D eigenvalue weighted by Crippen LogP contribution is 2.35. The fourth-order valence-electron chi connectivity index (χ4n) is 3.02. The number of hydrogen-bond donors (Lipinski definition) is 1. The third-order valence-corrected chi connectivity index (χ3v) is 6.27. The predicted molar refractivity (Wildman–Crippen MR) is 93.5 cm³/mol. The van der Waals surface area contributed by atoms with Crippen LogP contribution in [0.1, 0.15) is 30.8 Å². The van der Waals surface area contributed by atoms with Gasteiger partial charge in [-0.3, -0.25) is 4.68 Å². The molecular formula is C17H23N3O4S. The Hall–Kier alpha value is -2.06. The van der Waals surface area contributed by atoms with E-state index < -0.39 is 15.6 Å². The lowest BCUT2D eigenvalue weighted by atomic mass is 9.95. The largest absolute Gasteiger partial charge is 0.486 e. The quantitative estimate of drug-likeness (QED) is 0.896. The minimum absolute atomic E-state index is 0.223. The Labute approximate surface area is 148 Å². The fourth-order valence-corrected chi connectivity index (χ4v) is 4.86. The van der Waals surface area contributed by atoms with Crippen LogP contribution in [0.5, 0.6) is 11.5 Å². The maximum Gasteiger partial charge on any atom is 0.245 e. The summed E-state index contributed by atoms with van der Waals surface area (Å²) in [5.41, 5.74) is 1.04. The van der Waals surface area contributed by atoms with Crippen LogP contribution < -0.4 is 14.2 Å². The highest BCUT2D eigenvalue weighted by Gasteiger charge is 2.32. The Morgan fingerprint density at radius 2 is 1.80 bits per heavy atom. The monoisotopic (exact) mass is 365 g/mol. The minimum atomic E-state index is -3.73. The van der Waals surface area contributed by atoms with Gasteiger partial charge in [0.05, 0.1) is 16.9 Å². The van der Waals surface area contributed by atoms with Crippen molar-refractivity contribution in [1.82, 2.24) is 14.5 Å². The van der Waals surface area contributed by atoms with Crippen LogP contribution in [0.4, 0.5) is 0 Å². The maximum absolute atomic E-state index is 12.9. The van der Waals surface area contributed by atoms with Gasteiger partial charge in [-0.1, -0.05) is 6.07 Å². The molecule has 3 rings (SSSR count). The zero-order valence-electron chi connectivity index (χ0n) is 15.1. The van der Waals surface area contributed by atoms with Crippen LogP contribution in [0.2, 0.25) is 0 Å². The molecular weight excluding hydrogens is 342 g/mol. The molecule has 25 heavy (non-hydrogen) atoms. The zero-order valence-corrected chi connectivity index (χ0v) is 15.9. The van der Waals surface area contributed by atoms with Gasteiger partial charge in [-0.25, -0.2) is 13.1 Å². The molecule has 1 N–H and O–H groups in total. The molecule has 0 bridgehead atoms. The number of rotatable bonds is 4. The first-order chi connectivity index (χ1) is 11.6. The first-order valence-electron chi connectivity index (χ1n) is 8.06. The molecule has 2 aromatic rings. The second-order valence-corrected chi connectivity index (χ2v) is 8.33. The predicted octanol–water partition coefficient (Wildman–Crippen LogP) is 2.02. The van der Waals surface area contributed by atoms with E-state index >= 15 is 0 Å². The van der Waals surface area contributed by atoms with Crippen molar-refractivity contribution in [3.63, 3.8) is 0 Å². The van der Waals surface area contributed by atoms with Crippen molar-refractivity contribution < 1.29 is 17.9 Å². The highest BCUT2D eigenvalue weighted by atomic mass is 32.2. The van der Waals surface area contributed by atoms with E-state index in [-0.39, 0.29) is 4.90 Å². The molecule has 0 unspecified atom stereocenters. The number of aromatic nitrogens is 2. The molecule has 7 nitrogen and oxygen atoms in total. The number of ether oxygens (including phenoxy) is 2. The molecule has 0 atom stereocenters. The molecule has 1 aliphatic heterocycles. The Kier molecular flexibility index (Phi) is 4.28. The Bertz CT molecular complexity index is 916. The number of fused-ring (bicyclic) bond motifs is 1. The van der Waals surface area contributed by atoms with Crippen LogP contribution in [0.15, 0.2) is 23.1 Å². The van der Waals surface area contributed by atoms with E-state index in [4.69, 9.17) is 9.47 Å². The number of nitrogens with zero attached hydrogens (tertiary/aromatic N) is 2.